The molecule has 0 saturated heterocycles. The van der Waals surface area contributed by atoms with Crippen molar-refractivity contribution in [3.63, 3.8) is 0 Å². The van der Waals surface area contributed by atoms with E-state index in [0.717, 1.165) is 17.7 Å². The highest BCUT2D eigenvalue weighted by Crippen LogP contribution is 2.39. The van der Waals surface area contributed by atoms with Crippen molar-refractivity contribution >= 4 is 22.2 Å². The first kappa shape index (κ1) is 19.3. The van der Waals surface area contributed by atoms with E-state index in [1.807, 2.05) is 49.3 Å². The Kier molecular flexibility index (Phi) is 5.17. The quantitative estimate of drug-likeness (QED) is 0.468. The number of nitrogens with two attached hydrogens (primary N) is 1. The summed E-state index contributed by atoms with van der Waals surface area (Å²) in [6.45, 7) is 2.41. The number of anilines is 1. The molecular formula is C22H25N5O2. The van der Waals surface area contributed by atoms with Crippen molar-refractivity contribution in [2.45, 2.75) is 13.0 Å². The molecule has 1 aromatic heterocycles. The monoisotopic (exact) mass is 391 g/mol. The van der Waals surface area contributed by atoms with Gasteiger partial charge in [-0.25, -0.2) is 4.68 Å². The zero-order valence-electron chi connectivity index (χ0n) is 16.7. The van der Waals surface area contributed by atoms with Gasteiger partial charge in [0, 0.05) is 35.3 Å². The lowest BCUT2D eigenvalue weighted by Gasteiger charge is -2.23. The van der Waals surface area contributed by atoms with Crippen LogP contribution in [0.15, 0.2) is 41.2 Å². The zero-order valence-corrected chi connectivity index (χ0v) is 16.7. The van der Waals surface area contributed by atoms with Gasteiger partial charge in [0.05, 0.1) is 17.5 Å². The van der Waals surface area contributed by atoms with Crippen molar-refractivity contribution < 1.29 is 4.79 Å². The van der Waals surface area contributed by atoms with Gasteiger partial charge in [-0.2, -0.15) is 5.10 Å². The van der Waals surface area contributed by atoms with Gasteiger partial charge in [-0.1, -0.05) is 24.3 Å². The Morgan fingerprint density at radius 1 is 1.10 bits per heavy atom. The van der Waals surface area contributed by atoms with Crippen LogP contribution in [0.1, 0.15) is 22.3 Å². The average molecular weight is 391 g/mol. The number of carbonyl (C=O) groups excluding carboxylic acids is 1. The molecular weight excluding hydrogens is 366 g/mol. The van der Waals surface area contributed by atoms with Crippen LogP contribution >= 0.6 is 0 Å². The van der Waals surface area contributed by atoms with Crippen molar-refractivity contribution in [3.05, 3.63) is 57.9 Å². The molecule has 0 saturated carbocycles. The second-order valence-corrected chi connectivity index (χ2v) is 7.53. The number of aromatic nitrogens is 2. The highest BCUT2D eigenvalue weighted by molar-refractivity contribution is 6.27. The average Bonchev–Trinajstić information content (AvgIpc) is 2.72. The molecule has 7 nitrogen and oxygen atoms in total. The molecule has 0 radical (unpaired) electrons. The lowest BCUT2D eigenvalue weighted by molar-refractivity contribution is 0.104. The highest BCUT2D eigenvalue weighted by atomic mass is 16.1. The fourth-order valence-corrected chi connectivity index (χ4v) is 3.75. The summed E-state index contributed by atoms with van der Waals surface area (Å²) in [7, 11) is 3.92. The normalized spacial score (nSPS) is 12.5. The van der Waals surface area contributed by atoms with Gasteiger partial charge in [0.25, 0.3) is 5.56 Å². The smallest absolute Gasteiger partial charge is 0.274 e. The van der Waals surface area contributed by atoms with Crippen LogP contribution < -0.4 is 16.6 Å². The molecule has 1 aliphatic rings. The summed E-state index contributed by atoms with van der Waals surface area (Å²) in [5.74, 6) is -0.0822. The van der Waals surface area contributed by atoms with Crippen LogP contribution in [0.3, 0.4) is 0 Å². The number of nitrogens with one attached hydrogen (secondary N) is 1. The summed E-state index contributed by atoms with van der Waals surface area (Å²) in [4.78, 5) is 28.5. The second kappa shape index (κ2) is 7.77. The molecule has 0 aliphatic heterocycles. The maximum Gasteiger partial charge on any atom is 0.274 e. The number of rotatable bonds is 7. The first-order valence-corrected chi connectivity index (χ1v) is 9.83. The first-order chi connectivity index (χ1) is 14.0. The van der Waals surface area contributed by atoms with Crippen LogP contribution in [0, 0.1) is 0 Å². The second-order valence-electron chi connectivity index (χ2n) is 7.53. The molecule has 3 aromatic rings. The van der Waals surface area contributed by atoms with Gasteiger partial charge in [0.15, 0.2) is 5.78 Å². The van der Waals surface area contributed by atoms with Gasteiger partial charge in [-0.05, 0) is 39.2 Å². The molecule has 150 valence electrons. The summed E-state index contributed by atoms with van der Waals surface area (Å²) < 4.78 is 1.51. The Hall–Kier alpha value is -3.03. The summed E-state index contributed by atoms with van der Waals surface area (Å²) in [6, 6.07) is 11.1. The first-order valence-electron chi connectivity index (χ1n) is 9.83. The summed E-state index contributed by atoms with van der Waals surface area (Å²) in [6.07, 6.45) is 0.791. The fourth-order valence-electron chi connectivity index (χ4n) is 3.75. The predicted molar refractivity (Wildman–Crippen MR) is 116 cm³/mol. The number of hydrogen-bond acceptors (Lipinski definition) is 6. The van der Waals surface area contributed by atoms with E-state index < -0.39 is 0 Å². The topological polar surface area (TPSA) is 93.2 Å². The van der Waals surface area contributed by atoms with Crippen molar-refractivity contribution in [2.24, 2.45) is 5.73 Å². The van der Waals surface area contributed by atoms with Gasteiger partial charge >= 0.3 is 0 Å². The Labute approximate surface area is 169 Å². The van der Waals surface area contributed by atoms with Gasteiger partial charge < -0.3 is 16.0 Å². The van der Waals surface area contributed by atoms with Crippen LogP contribution in [-0.2, 0) is 6.54 Å². The van der Waals surface area contributed by atoms with Crippen LogP contribution in [-0.4, -0.2) is 54.2 Å². The molecule has 7 heteroatoms. The lowest BCUT2D eigenvalue weighted by Crippen LogP contribution is -2.30. The minimum Gasteiger partial charge on any atom is -0.384 e. The van der Waals surface area contributed by atoms with E-state index in [0.29, 0.717) is 53.8 Å². The zero-order chi connectivity index (χ0) is 20.5. The number of ketones is 1. The molecule has 0 fully saturated rings. The number of fused-ring (bicyclic) bond motifs is 2. The molecule has 1 heterocycles. The summed E-state index contributed by atoms with van der Waals surface area (Å²) in [5.41, 5.74) is 8.74. The third-order valence-electron chi connectivity index (χ3n) is 5.24. The van der Waals surface area contributed by atoms with Gasteiger partial charge in [0.1, 0.15) is 5.69 Å². The van der Waals surface area contributed by atoms with Crippen molar-refractivity contribution in [1.82, 2.24) is 14.7 Å². The molecule has 0 spiro atoms. The molecule has 4 rings (SSSR count). The molecule has 0 atom stereocenters. The third-order valence-corrected chi connectivity index (χ3v) is 5.24. The predicted octanol–water partition coefficient (Wildman–Crippen LogP) is 1.93. The summed E-state index contributed by atoms with van der Waals surface area (Å²) in [5, 5.41) is 9.16. The molecule has 2 aromatic carbocycles. The van der Waals surface area contributed by atoms with E-state index in [1.54, 1.807) is 6.07 Å². The van der Waals surface area contributed by atoms with Crippen molar-refractivity contribution in [1.29, 1.82) is 0 Å². The third kappa shape index (κ3) is 3.32. The van der Waals surface area contributed by atoms with Crippen molar-refractivity contribution in [2.75, 3.05) is 39.0 Å². The highest BCUT2D eigenvalue weighted by Gasteiger charge is 2.30. The standard InChI is InChI=1S/C22H25N5O2/c1-26(2)12-13-27-22(29)16-8-9-17(24-11-5-10-23)19-18(16)20(25-27)14-6-3-4-7-15(14)21(19)28/h3-4,6-9,24H,5,10-13,23H2,1-2H3. The number of likely N-dealkylation sites (N-methyl/N-ethyl adjacent to an activating group) is 1. The Morgan fingerprint density at radius 2 is 1.86 bits per heavy atom. The van der Waals surface area contributed by atoms with E-state index in [4.69, 9.17) is 10.8 Å². The fraction of sp³-hybridized carbons (Fsp3) is 0.318. The van der Waals surface area contributed by atoms with Crippen LogP contribution in [0.5, 0.6) is 0 Å². The van der Waals surface area contributed by atoms with Gasteiger partial charge in [-0.3, -0.25) is 9.59 Å². The minimum atomic E-state index is -0.174. The molecule has 0 bridgehead atoms. The van der Waals surface area contributed by atoms with E-state index in [-0.39, 0.29) is 11.3 Å². The van der Waals surface area contributed by atoms with Crippen molar-refractivity contribution in [3.8, 4) is 11.3 Å². The molecule has 29 heavy (non-hydrogen) atoms. The largest absolute Gasteiger partial charge is 0.384 e. The maximum absolute atomic E-state index is 13.4. The van der Waals surface area contributed by atoms with E-state index >= 15 is 0 Å². The number of carbonyl (C=O) groups is 1. The Balaban J connectivity index is 1.98. The van der Waals surface area contributed by atoms with Crippen LogP contribution in [0.2, 0.25) is 0 Å². The van der Waals surface area contributed by atoms with E-state index in [2.05, 4.69) is 5.32 Å². The molecule has 0 unspecified atom stereocenters. The molecule has 0 amide bonds. The molecule has 1 aliphatic carbocycles. The van der Waals surface area contributed by atoms with Gasteiger partial charge in [0.2, 0.25) is 0 Å². The SMILES string of the molecule is CN(C)CCn1nc2c3c(c(NCCCN)ccc3c1=O)C(=O)c1ccccc1-2. The maximum atomic E-state index is 13.4. The number of benzene rings is 2. The lowest BCUT2D eigenvalue weighted by atomic mass is 9.85. The van der Waals surface area contributed by atoms with Gasteiger partial charge in [-0.15, -0.1) is 0 Å². The minimum absolute atomic E-state index is 0.0822. The Bertz CT molecular complexity index is 1150. The van der Waals surface area contributed by atoms with Crippen LogP contribution in [0.4, 0.5) is 5.69 Å². The van der Waals surface area contributed by atoms with E-state index in [1.165, 1.54) is 4.68 Å². The van der Waals surface area contributed by atoms with Crippen LogP contribution in [0.25, 0.3) is 22.0 Å². The summed E-state index contributed by atoms with van der Waals surface area (Å²) >= 11 is 0. The van der Waals surface area contributed by atoms with E-state index in [9.17, 15) is 9.59 Å². The number of nitrogens with zero attached hydrogens (tertiary/aromatic N) is 3. The Morgan fingerprint density at radius 3 is 2.59 bits per heavy atom. The molecule has 3 N–H and O–H groups in total. The number of hydrogen-bond donors (Lipinski definition) is 2.